The van der Waals surface area contributed by atoms with Gasteiger partial charge in [-0.1, -0.05) is 35.3 Å². The minimum atomic E-state index is -0.919. The van der Waals surface area contributed by atoms with Gasteiger partial charge in [0, 0.05) is 49.0 Å². The predicted octanol–water partition coefficient (Wildman–Crippen LogP) is 5.83. The third-order valence-electron chi connectivity index (χ3n) is 6.22. The van der Waals surface area contributed by atoms with Gasteiger partial charge in [0.05, 0.1) is 16.4 Å². The van der Waals surface area contributed by atoms with Crippen LogP contribution in [-0.2, 0) is 11.2 Å². The second-order valence-corrected chi connectivity index (χ2v) is 9.43. The Labute approximate surface area is 212 Å². The average Bonchev–Trinajstić information content (AvgIpc) is 3.70. The molecule has 180 valence electrons. The van der Waals surface area contributed by atoms with Gasteiger partial charge in [-0.3, -0.25) is 14.6 Å². The van der Waals surface area contributed by atoms with Crippen molar-refractivity contribution in [3.05, 3.63) is 76.0 Å². The summed E-state index contributed by atoms with van der Waals surface area (Å²) in [5.74, 6) is -0.549. The van der Waals surface area contributed by atoms with Crippen molar-refractivity contribution in [2.45, 2.75) is 31.7 Å². The molecular formula is C26H23Cl2N3O4. The van der Waals surface area contributed by atoms with Crippen molar-refractivity contribution in [2.24, 2.45) is 0 Å². The van der Waals surface area contributed by atoms with Crippen molar-refractivity contribution in [2.75, 3.05) is 22.9 Å². The molecule has 0 bridgehead atoms. The van der Waals surface area contributed by atoms with Crippen molar-refractivity contribution in [1.82, 2.24) is 4.98 Å². The number of hydrogen-bond donors (Lipinski definition) is 1. The molecule has 0 unspecified atom stereocenters. The van der Waals surface area contributed by atoms with E-state index in [1.807, 2.05) is 18.2 Å². The molecule has 7 nitrogen and oxygen atoms in total. The van der Waals surface area contributed by atoms with Gasteiger partial charge in [-0.15, -0.1) is 0 Å². The molecule has 1 aromatic heterocycles. The number of ether oxygens (including phenoxy) is 1. The summed E-state index contributed by atoms with van der Waals surface area (Å²) in [5.41, 5.74) is 2.86. The van der Waals surface area contributed by atoms with Gasteiger partial charge in [-0.05, 0) is 49.1 Å². The largest absolute Gasteiger partial charge is 0.481 e. The van der Waals surface area contributed by atoms with E-state index < -0.39 is 5.97 Å². The number of amides is 1. The fourth-order valence-electron chi connectivity index (χ4n) is 4.34. The Kier molecular flexibility index (Phi) is 6.54. The molecule has 1 aliphatic carbocycles. The van der Waals surface area contributed by atoms with Crippen LogP contribution in [0.2, 0.25) is 10.0 Å². The number of carbonyl (C=O) groups excluding carboxylic acids is 1. The topological polar surface area (TPSA) is 83.0 Å². The lowest BCUT2D eigenvalue weighted by Gasteiger charge is -2.38. The van der Waals surface area contributed by atoms with E-state index in [4.69, 9.17) is 33.0 Å². The quantitative estimate of drug-likeness (QED) is 0.429. The summed E-state index contributed by atoms with van der Waals surface area (Å²) >= 11 is 12.8. The van der Waals surface area contributed by atoms with Gasteiger partial charge >= 0.3 is 5.97 Å². The van der Waals surface area contributed by atoms with Gasteiger partial charge in [0.25, 0.3) is 5.91 Å². The lowest BCUT2D eigenvalue weighted by atomic mass is 10.1. The minimum absolute atomic E-state index is 0.0608. The number of hydrogen-bond acceptors (Lipinski definition) is 5. The molecule has 1 saturated carbocycles. The first-order chi connectivity index (χ1) is 16.9. The Morgan fingerprint density at radius 1 is 1.03 bits per heavy atom. The van der Waals surface area contributed by atoms with E-state index in [0.29, 0.717) is 34.5 Å². The number of aliphatic carboxylic acids is 1. The van der Waals surface area contributed by atoms with Crippen LogP contribution in [-0.4, -0.2) is 41.1 Å². The van der Waals surface area contributed by atoms with Crippen molar-refractivity contribution in [3.8, 4) is 11.5 Å². The summed E-state index contributed by atoms with van der Waals surface area (Å²) in [7, 11) is 0. The molecule has 2 aromatic carbocycles. The summed E-state index contributed by atoms with van der Waals surface area (Å²) in [6.07, 6.45) is 5.59. The molecule has 1 aliphatic heterocycles. The van der Waals surface area contributed by atoms with Gasteiger partial charge in [-0.25, -0.2) is 0 Å². The SMILES string of the molecule is O=C(O)CCc1cc(Cl)c(Oc2ccncc2C(=O)N2CCN(C3CC3)c3ccccc32)cc1Cl. The van der Waals surface area contributed by atoms with Crippen LogP contribution in [0.4, 0.5) is 11.4 Å². The zero-order valence-electron chi connectivity index (χ0n) is 18.8. The first-order valence-corrected chi connectivity index (χ1v) is 12.2. The van der Waals surface area contributed by atoms with Gasteiger partial charge < -0.3 is 19.6 Å². The first-order valence-electron chi connectivity index (χ1n) is 11.4. The third-order valence-corrected chi connectivity index (χ3v) is 6.87. The van der Waals surface area contributed by atoms with Crippen molar-refractivity contribution in [3.63, 3.8) is 0 Å². The Morgan fingerprint density at radius 2 is 1.80 bits per heavy atom. The summed E-state index contributed by atoms with van der Waals surface area (Å²) in [6.45, 7) is 1.33. The fraction of sp³-hybridized carbons (Fsp3) is 0.269. The maximum Gasteiger partial charge on any atom is 0.303 e. The number of rotatable bonds is 7. The van der Waals surface area contributed by atoms with Crippen LogP contribution in [0.1, 0.15) is 35.2 Å². The molecule has 3 aromatic rings. The predicted molar refractivity (Wildman–Crippen MR) is 135 cm³/mol. The number of carbonyl (C=O) groups is 2. The number of aryl methyl sites for hydroxylation is 1. The smallest absolute Gasteiger partial charge is 0.303 e. The van der Waals surface area contributed by atoms with E-state index in [-0.39, 0.29) is 29.5 Å². The number of aromatic nitrogens is 1. The maximum atomic E-state index is 13.7. The monoisotopic (exact) mass is 511 g/mol. The van der Waals surface area contributed by atoms with Gasteiger partial charge in [0.1, 0.15) is 17.1 Å². The fourth-order valence-corrected chi connectivity index (χ4v) is 4.81. The molecule has 2 aliphatic rings. The molecule has 9 heteroatoms. The van der Waals surface area contributed by atoms with E-state index in [1.54, 1.807) is 29.3 Å². The van der Waals surface area contributed by atoms with E-state index >= 15 is 0 Å². The van der Waals surface area contributed by atoms with E-state index in [0.717, 1.165) is 17.9 Å². The molecule has 0 saturated heterocycles. The van der Waals surface area contributed by atoms with Gasteiger partial charge in [0.2, 0.25) is 0 Å². The minimum Gasteiger partial charge on any atom is -0.481 e. The van der Waals surface area contributed by atoms with Crippen LogP contribution in [0.25, 0.3) is 0 Å². The number of halogens is 2. The molecule has 35 heavy (non-hydrogen) atoms. The Hall–Kier alpha value is -3.29. The normalized spacial score (nSPS) is 15.0. The third kappa shape index (κ3) is 4.92. The highest BCUT2D eigenvalue weighted by Gasteiger charge is 2.36. The number of pyridine rings is 1. The molecule has 1 N–H and O–H groups in total. The molecule has 0 spiro atoms. The van der Waals surface area contributed by atoms with Crippen molar-refractivity contribution in [1.29, 1.82) is 0 Å². The van der Waals surface area contributed by atoms with Crippen LogP contribution in [0.5, 0.6) is 11.5 Å². The zero-order valence-corrected chi connectivity index (χ0v) is 20.3. The molecular weight excluding hydrogens is 489 g/mol. The molecule has 0 atom stereocenters. The molecule has 5 rings (SSSR count). The van der Waals surface area contributed by atoms with Gasteiger partial charge in [-0.2, -0.15) is 0 Å². The lowest BCUT2D eigenvalue weighted by molar-refractivity contribution is -0.136. The van der Waals surface area contributed by atoms with Crippen LogP contribution in [0, 0.1) is 0 Å². The summed E-state index contributed by atoms with van der Waals surface area (Å²) in [4.78, 5) is 32.9. The highest BCUT2D eigenvalue weighted by molar-refractivity contribution is 6.34. The first kappa shape index (κ1) is 23.5. The molecule has 2 heterocycles. The summed E-state index contributed by atoms with van der Waals surface area (Å²) in [5, 5.41) is 9.55. The number of carboxylic acids is 1. The number of para-hydroxylation sites is 2. The van der Waals surface area contributed by atoms with Crippen molar-refractivity contribution >= 4 is 46.5 Å². The van der Waals surface area contributed by atoms with Crippen LogP contribution < -0.4 is 14.5 Å². The van der Waals surface area contributed by atoms with Crippen molar-refractivity contribution < 1.29 is 19.4 Å². The number of fused-ring (bicyclic) bond motifs is 1. The molecule has 1 fully saturated rings. The Bertz CT molecular complexity index is 1300. The van der Waals surface area contributed by atoms with Crippen LogP contribution >= 0.6 is 23.2 Å². The number of carboxylic acid groups (broad SMARTS) is 1. The number of nitrogens with zero attached hydrogens (tertiary/aromatic N) is 3. The zero-order chi connectivity index (χ0) is 24.5. The van der Waals surface area contributed by atoms with Crippen LogP contribution in [0.15, 0.2) is 54.9 Å². The standard InChI is InChI=1S/C26H23Cl2N3O4/c27-19-14-24(20(28)13-16(19)5-8-25(32)33)35-23-9-10-29-15-18(23)26(34)31-12-11-30(17-6-7-17)21-3-1-2-4-22(21)31/h1-4,9-10,13-15,17H,5-8,11-12H2,(H,32,33). The average molecular weight is 512 g/mol. The van der Waals surface area contributed by atoms with E-state index in [2.05, 4.69) is 16.0 Å². The lowest BCUT2D eigenvalue weighted by Crippen LogP contribution is -2.45. The van der Waals surface area contributed by atoms with E-state index in [9.17, 15) is 9.59 Å². The Morgan fingerprint density at radius 3 is 2.54 bits per heavy atom. The molecule has 1 amide bonds. The van der Waals surface area contributed by atoms with E-state index in [1.165, 1.54) is 19.0 Å². The van der Waals surface area contributed by atoms with Gasteiger partial charge in [0.15, 0.2) is 0 Å². The summed E-state index contributed by atoms with van der Waals surface area (Å²) < 4.78 is 6.04. The summed E-state index contributed by atoms with van der Waals surface area (Å²) in [6, 6.07) is 13.2. The maximum absolute atomic E-state index is 13.7. The molecule has 0 radical (unpaired) electrons. The second-order valence-electron chi connectivity index (χ2n) is 8.61. The second kappa shape index (κ2) is 9.76. The highest BCUT2D eigenvalue weighted by atomic mass is 35.5. The number of anilines is 2. The number of benzene rings is 2. The van der Waals surface area contributed by atoms with Crippen LogP contribution in [0.3, 0.4) is 0 Å². The highest BCUT2D eigenvalue weighted by Crippen LogP contribution is 2.41. The Balaban J connectivity index is 1.42.